The molecule has 0 aliphatic carbocycles. The first kappa shape index (κ1) is 14.7. The number of hydrogen-bond donors (Lipinski definition) is 3. The molecule has 6 nitrogen and oxygen atoms in total. The maximum absolute atomic E-state index is 11.3. The number of benzene rings is 1. The highest BCUT2D eigenvalue weighted by Crippen LogP contribution is 2.25. The number of anilines is 2. The second-order valence-corrected chi connectivity index (χ2v) is 5.71. The average Bonchev–Trinajstić information content (AvgIpc) is 2.28. The molecule has 0 unspecified atom stereocenters. The molecule has 0 aromatic heterocycles. The van der Waals surface area contributed by atoms with Crippen molar-refractivity contribution < 1.29 is 8.42 Å². The molecular weight excluding hydrogens is 252 g/mol. The van der Waals surface area contributed by atoms with Gasteiger partial charge < -0.3 is 16.0 Å². The zero-order valence-electron chi connectivity index (χ0n) is 10.7. The van der Waals surface area contributed by atoms with Crippen LogP contribution in [0.1, 0.15) is 6.42 Å². The van der Waals surface area contributed by atoms with Crippen LogP contribution in [0, 0.1) is 0 Å². The summed E-state index contributed by atoms with van der Waals surface area (Å²) < 4.78 is 22.6. The van der Waals surface area contributed by atoms with Crippen molar-refractivity contribution in [2.75, 3.05) is 37.8 Å². The fraction of sp³-hybridized carbons (Fsp3) is 0.455. The molecule has 0 aliphatic heterocycles. The van der Waals surface area contributed by atoms with E-state index in [1.54, 1.807) is 6.07 Å². The number of nitrogen functional groups attached to an aromatic ring is 1. The molecule has 0 amide bonds. The number of nitrogens with one attached hydrogen (secondary N) is 1. The summed E-state index contributed by atoms with van der Waals surface area (Å²) in [5.41, 5.74) is 7.06. The highest BCUT2D eigenvalue weighted by molar-refractivity contribution is 7.89. The zero-order chi connectivity index (χ0) is 13.8. The Morgan fingerprint density at radius 1 is 1.39 bits per heavy atom. The number of sulfonamides is 1. The van der Waals surface area contributed by atoms with Gasteiger partial charge in [0.25, 0.3) is 0 Å². The van der Waals surface area contributed by atoms with Gasteiger partial charge in [0.2, 0.25) is 10.0 Å². The summed E-state index contributed by atoms with van der Waals surface area (Å²) in [7, 11) is 0.0589. The third-order valence-corrected chi connectivity index (χ3v) is 3.57. The van der Waals surface area contributed by atoms with Crippen molar-refractivity contribution in [1.82, 2.24) is 5.32 Å². The summed E-state index contributed by atoms with van der Waals surface area (Å²) >= 11 is 0. The number of nitrogens with two attached hydrogens (primary N) is 2. The maximum atomic E-state index is 11.3. The van der Waals surface area contributed by atoms with Crippen LogP contribution in [-0.2, 0) is 10.0 Å². The lowest BCUT2D eigenvalue weighted by Crippen LogP contribution is -2.23. The van der Waals surface area contributed by atoms with Crippen LogP contribution < -0.4 is 21.1 Å². The molecule has 1 aromatic rings. The van der Waals surface area contributed by atoms with Gasteiger partial charge in [0, 0.05) is 13.6 Å². The topological polar surface area (TPSA) is 101 Å². The lowest BCUT2D eigenvalue weighted by atomic mass is 10.2. The minimum Gasteiger partial charge on any atom is -0.397 e. The minimum atomic E-state index is -3.70. The third-order valence-electron chi connectivity index (χ3n) is 2.66. The van der Waals surface area contributed by atoms with Crippen molar-refractivity contribution in [2.45, 2.75) is 11.3 Å². The van der Waals surface area contributed by atoms with E-state index in [2.05, 4.69) is 5.32 Å². The molecule has 18 heavy (non-hydrogen) atoms. The molecule has 0 fully saturated rings. The van der Waals surface area contributed by atoms with E-state index in [1.807, 2.05) is 19.0 Å². The third kappa shape index (κ3) is 3.86. The van der Waals surface area contributed by atoms with Crippen molar-refractivity contribution in [3.63, 3.8) is 0 Å². The van der Waals surface area contributed by atoms with E-state index in [4.69, 9.17) is 10.9 Å². The largest absolute Gasteiger partial charge is 0.397 e. The van der Waals surface area contributed by atoms with E-state index in [1.165, 1.54) is 12.1 Å². The summed E-state index contributed by atoms with van der Waals surface area (Å²) in [5.74, 6) is 0. The minimum absolute atomic E-state index is 0.0761. The summed E-state index contributed by atoms with van der Waals surface area (Å²) in [5, 5.41) is 8.15. The summed E-state index contributed by atoms with van der Waals surface area (Å²) in [6.45, 7) is 1.66. The predicted octanol–water partition coefficient (Wildman–Crippen LogP) is -0.0381. The molecule has 0 saturated carbocycles. The van der Waals surface area contributed by atoms with Gasteiger partial charge in [-0.1, -0.05) is 0 Å². The van der Waals surface area contributed by atoms with E-state index in [9.17, 15) is 8.42 Å². The first-order valence-corrected chi connectivity index (χ1v) is 7.19. The van der Waals surface area contributed by atoms with Crippen LogP contribution in [-0.4, -0.2) is 35.6 Å². The van der Waals surface area contributed by atoms with E-state index in [-0.39, 0.29) is 4.90 Å². The Labute approximate surface area is 108 Å². The molecule has 1 aromatic carbocycles. The van der Waals surface area contributed by atoms with E-state index >= 15 is 0 Å². The quantitative estimate of drug-likeness (QED) is 0.498. The molecule has 0 saturated heterocycles. The van der Waals surface area contributed by atoms with Crippen molar-refractivity contribution in [3.05, 3.63) is 18.2 Å². The van der Waals surface area contributed by atoms with Gasteiger partial charge in [-0.25, -0.2) is 13.6 Å². The Balaban J connectivity index is 2.93. The monoisotopic (exact) mass is 272 g/mol. The smallest absolute Gasteiger partial charge is 0.238 e. The molecule has 5 N–H and O–H groups in total. The van der Waals surface area contributed by atoms with Crippen molar-refractivity contribution >= 4 is 21.4 Å². The lowest BCUT2D eigenvalue weighted by Gasteiger charge is -2.21. The number of rotatable bonds is 6. The highest BCUT2D eigenvalue weighted by Gasteiger charge is 2.12. The summed E-state index contributed by atoms with van der Waals surface area (Å²) in [6, 6.07) is 4.48. The van der Waals surface area contributed by atoms with E-state index in [0.717, 1.165) is 19.5 Å². The van der Waals surface area contributed by atoms with Gasteiger partial charge in [0.05, 0.1) is 16.3 Å². The molecule has 0 radical (unpaired) electrons. The maximum Gasteiger partial charge on any atom is 0.238 e. The Morgan fingerprint density at radius 3 is 2.61 bits per heavy atom. The SMILES string of the molecule is CNCCCN(C)c1cc(S(N)(=O)=O)ccc1N. The number of nitrogens with zero attached hydrogens (tertiary/aromatic N) is 1. The van der Waals surface area contributed by atoms with E-state index < -0.39 is 10.0 Å². The van der Waals surface area contributed by atoms with Gasteiger partial charge in [-0.05, 0) is 38.2 Å². The summed E-state index contributed by atoms with van der Waals surface area (Å²) in [4.78, 5) is 1.99. The first-order valence-electron chi connectivity index (χ1n) is 5.64. The molecule has 1 rings (SSSR count). The Hall–Kier alpha value is -1.31. The molecule has 0 bridgehead atoms. The lowest BCUT2D eigenvalue weighted by molar-refractivity contribution is 0.598. The van der Waals surface area contributed by atoms with Gasteiger partial charge >= 0.3 is 0 Å². The van der Waals surface area contributed by atoms with Crippen LogP contribution in [0.3, 0.4) is 0 Å². The first-order chi connectivity index (χ1) is 8.36. The average molecular weight is 272 g/mol. The van der Waals surface area contributed by atoms with Gasteiger partial charge in [0.15, 0.2) is 0 Å². The molecule has 0 aliphatic rings. The molecule has 0 spiro atoms. The van der Waals surface area contributed by atoms with Crippen molar-refractivity contribution in [2.24, 2.45) is 5.14 Å². The van der Waals surface area contributed by atoms with E-state index in [0.29, 0.717) is 11.4 Å². The molecule has 0 atom stereocenters. The highest BCUT2D eigenvalue weighted by atomic mass is 32.2. The Bertz CT molecular complexity index is 502. The molecule has 7 heteroatoms. The van der Waals surface area contributed by atoms with Gasteiger partial charge in [-0.2, -0.15) is 0 Å². The normalized spacial score (nSPS) is 11.5. The van der Waals surface area contributed by atoms with Gasteiger partial charge in [0.1, 0.15) is 0 Å². The zero-order valence-corrected chi connectivity index (χ0v) is 11.5. The fourth-order valence-corrected chi connectivity index (χ4v) is 2.18. The number of primary sulfonamides is 1. The van der Waals surface area contributed by atoms with Gasteiger partial charge in [-0.15, -0.1) is 0 Å². The van der Waals surface area contributed by atoms with Crippen LogP contribution in [0.4, 0.5) is 11.4 Å². The van der Waals surface area contributed by atoms with Crippen LogP contribution >= 0.6 is 0 Å². The predicted molar refractivity (Wildman–Crippen MR) is 74.0 cm³/mol. The van der Waals surface area contributed by atoms with Crippen LogP contribution in [0.5, 0.6) is 0 Å². The van der Waals surface area contributed by atoms with Crippen LogP contribution in [0.15, 0.2) is 23.1 Å². The van der Waals surface area contributed by atoms with Gasteiger partial charge in [-0.3, -0.25) is 0 Å². The standard InChI is InChI=1S/C11H20N4O2S/c1-14-6-3-7-15(2)11-8-9(18(13,16)17)4-5-10(11)12/h4-5,8,14H,3,6-7,12H2,1-2H3,(H2,13,16,17). The fourth-order valence-electron chi connectivity index (χ4n) is 1.64. The number of hydrogen-bond acceptors (Lipinski definition) is 5. The van der Waals surface area contributed by atoms with Crippen LogP contribution in [0.25, 0.3) is 0 Å². The van der Waals surface area contributed by atoms with Crippen LogP contribution in [0.2, 0.25) is 0 Å². The Kier molecular flexibility index (Phi) is 4.94. The van der Waals surface area contributed by atoms with Crippen molar-refractivity contribution in [3.8, 4) is 0 Å². The Morgan fingerprint density at radius 2 is 2.06 bits per heavy atom. The second kappa shape index (κ2) is 6.03. The molecule has 102 valence electrons. The van der Waals surface area contributed by atoms with Crippen molar-refractivity contribution in [1.29, 1.82) is 0 Å². The second-order valence-electron chi connectivity index (χ2n) is 4.14. The summed E-state index contributed by atoms with van der Waals surface area (Å²) in [6.07, 6.45) is 0.937. The molecule has 0 heterocycles. The molecular formula is C11H20N4O2S.